The molecule has 0 aliphatic heterocycles. The van der Waals surface area contributed by atoms with Crippen molar-refractivity contribution in [2.24, 2.45) is 7.05 Å². The molecule has 4 heteroatoms. The monoisotopic (exact) mass is 184 g/mol. The van der Waals surface area contributed by atoms with Gasteiger partial charge in [-0.2, -0.15) is 5.10 Å². The Morgan fingerprint density at radius 1 is 1.69 bits per heavy atom. The van der Waals surface area contributed by atoms with E-state index in [9.17, 15) is 5.11 Å². The fourth-order valence-corrected chi connectivity index (χ4v) is 1.05. The maximum absolute atomic E-state index is 9.58. The molecule has 0 spiro atoms. The first-order valence-electron chi connectivity index (χ1n) is 4.48. The molecule has 0 aromatic carbocycles. The molecule has 0 radical (unpaired) electrons. The summed E-state index contributed by atoms with van der Waals surface area (Å²) in [6, 6.07) is 0. The molecule has 0 fully saturated rings. The van der Waals surface area contributed by atoms with E-state index >= 15 is 0 Å². The van der Waals surface area contributed by atoms with Gasteiger partial charge in [-0.3, -0.25) is 4.68 Å². The zero-order valence-electron chi connectivity index (χ0n) is 8.10. The lowest BCUT2D eigenvalue weighted by Gasteiger charge is -2.07. The molecule has 1 unspecified atom stereocenters. The first-order valence-corrected chi connectivity index (χ1v) is 4.48. The van der Waals surface area contributed by atoms with Gasteiger partial charge in [0.2, 0.25) is 0 Å². The van der Waals surface area contributed by atoms with E-state index in [0.717, 1.165) is 12.0 Å². The minimum absolute atomic E-state index is 0.347. The Morgan fingerprint density at radius 3 is 3.00 bits per heavy atom. The molecule has 1 heterocycles. The van der Waals surface area contributed by atoms with Crippen LogP contribution in [0.4, 0.5) is 0 Å². The lowest BCUT2D eigenvalue weighted by molar-refractivity contribution is 0.0363. The predicted octanol–water partition coefficient (Wildman–Crippen LogP) is 0.880. The normalized spacial score (nSPS) is 13.2. The molecular weight excluding hydrogens is 168 g/mol. The van der Waals surface area contributed by atoms with Crippen LogP contribution in [-0.2, 0) is 11.8 Å². The maximum Gasteiger partial charge on any atom is 0.105 e. The van der Waals surface area contributed by atoms with E-state index in [0.29, 0.717) is 13.2 Å². The Morgan fingerprint density at radius 2 is 2.46 bits per heavy atom. The molecular formula is C9H16N2O2. The molecule has 0 aliphatic carbocycles. The van der Waals surface area contributed by atoms with Crippen molar-refractivity contribution in [1.82, 2.24) is 9.78 Å². The molecule has 0 saturated carbocycles. The number of aliphatic hydroxyl groups is 1. The van der Waals surface area contributed by atoms with Crippen LogP contribution in [0.1, 0.15) is 25.0 Å². The minimum Gasteiger partial charge on any atom is -0.386 e. The Hall–Kier alpha value is -0.870. The van der Waals surface area contributed by atoms with Gasteiger partial charge in [0.05, 0.1) is 12.8 Å². The molecule has 4 nitrogen and oxygen atoms in total. The highest BCUT2D eigenvalue weighted by molar-refractivity contribution is 5.07. The number of hydrogen-bond donors (Lipinski definition) is 1. The summed E-state index contributed by atoms with van der Waals surface area (Å²) in [5.74, 6) is 0. The van der Waals surface area contributed by atoms with Gasteiger partial charge < -0.3 is 9.84 Å². The molecule has 0 bridgehead atoms. The third kappa shape index (κ3) is 3.16. The number of hydrogen-bond acceptors (Lipinski definition) is 3. The van der Waals surface area contributed by atoms with E-state index in [4.69, 9.17) is 4.74 Å². The summed E-state index contributed by atoms with van der Waals surface area (Å²) >= 11 is 0. The van der Waals surface area contributed by atoms with Crippen molar-refractivity contribution < 1.29 is 9.84 Å². The molecule has 0 amide bonds. The van der Waals surface area contributed by atoms with Crippen molar-refractivity contribution in [2.75, 3.05) is 13.2 Å². The highest BCUT2D eigenvalue weighted by Gasteiger charge is 2.08. The molecule has 13 heavy (non-hydrogen) atoms. The van der Waals surface area contributed by atoms with Gasteiger partial charge in [0.25, 0.3) is 0 Å². The van der Waals surface area contributed by atoms with Gasteiger partial charge in [-0.1, -0.05) is 6.92 Å². The van der Waals surface area contributed by atoms with Gasteiger partial charge in [0.1, 0.15) is 6.10 Å². The Labute approximate surface area is 78.1 Å². The fraction of sp³-hybridized carbons (Fsp3) is 0.667. The number of aliphatic hydroxyl groups excluding tert-OH is 1. The summed E-state index contributed by atoms with van der Waals surface area (Å²) in [6.07, 6.45) is 3.86. The summed E-state index contributed by atoms with van der Waals surface area (Å²) in [5, 5.41) is 13.5. The van der Waals surface area contributed by atoms with E-state index in [1.54, 1.807) is 17.1 Å². The lowest BCUT2D eigenvalue weighted by Crippen LogP contribution is -2.06. The molecule has 0 aliphatic rings. The van der Waals surface area contributed by atoms with E-state index in [-0.39, 0.29) is 0 Å². The van der Waals surface area contributed by atoms with Crippen molar-refractivity contribution in [1.29, 1.82) is 0 Å². The molecule has 1 atom stereocenters. The topological polar surface area (TPSA) is 47.3 Å². The molecule has 1 N–H and O–H groups in total. The fourth-order valence-electron chi connectivity index (χ4n) is 1.05. The zero-order valence-corrected chi connectivity index (χ0v) is 8.10. The first-order chi connectivity index (χ1) is 6.24. The number of nitrogens with zero attached hydrogens (tertiary/aromatic N) is 2. The van der Waals surface area contributed by atoms with Crippen LogP contribution in [-0.4, -0.2) is 28.1 Å². The maximum atomic E-state index is 9.58. The van der Waals surface area contributed by atoms with E-state index in [1.165, 1.54) is 0 Å². The third-order valence-corrected chi connectivity index (χ3v) is 1.73. The van der Waals surface area contributed by atoms with Crippen molar-refractivity contribution in [2.45, 2.75) is 19.4 Å². The summed E-state index contributed by atoms with van der Waals surface area (Å²) < 4.78 is 6.89. The average Bonchev–Trinajstić information content (AvgIpc) is 2.52. The van der Waals surface area contributed by atoms with Crippen molar-refractivity contribution >= 4 is 0 Å². The lowest BCUT2D eigenvalue weighted by atomic mass is 10.2. The van der Waals surface area contributed by atoms with Crippen LogP contribution in [0.5, 0.6) is 0 Å². The summed E-state index contributed by atoms with van der Waals surface area (Å²) in [4.78, 5) is 0. The Kier molecular flexibility index (Phi) is 3.92. The number of aryl methyl sites for hydroxylation is 1. The first kappa shape index (κ1) is 10.2. The van der Waals surface area contributed by atoms with E-state index in [1.807, 2.05) is 14.0 Å². The van der Waals surface area contributed by atoms with Gasteiger partial charge in [0.15, 0.2) is 0 Å². The second-order valence-corrected chi connectivity index (χ2v) is 3.04. The number of aromatic nitrogens is 2. The van der Waals surface area contributed by atoms with Gasteiger partial charge in [-0.15, -0.1) is 0 Å². The smallest absolute Gasteiger partial charge is 0.105 e. The van der Waals surface area contributed by atoms with Crippen LogP contribution in [0.3, 0.4) is 0 Å². The summed E-state index contributed by atoms with van der Waals surface area (Å²) in [6.45, 7) is 3.08. The second kappa shape index (κ2) is 4.99. The molecule has 1 aromatic rings. The number of rotatable bonds is 5. The largest absolute Gasteiger partial charge is 0.386 e. The third-order valence-electron chi connectivity index (χ3n) is 1.73. The van der Waals surface area contributed by atoms with Crippen LogP contribution in [0.2, 0.25) is 0 Å². The van der Waals surface area contributed by atoms with Gasteiger partial charge in [0, 0.05) is 25.4 Å². The zero-order chi connectivity index (χ0) is 9.68. The van der Waals surface area contributed by atoms with E-state index < -0.39 is 6.10 Å². The van der Waals surface area contributed by atoms with Crippen LogP contribution in [0, 0.1) is 0 Å². The van der Waals surface area contributed by atoms with Crippen LogP contribution >= 0.6 is 0 Å². The predicted molar refractivity (Wildman–Crippen MR) is 49.3 cm³/mol. The molecule has 1 rings (SSSR count). The standard InChI is InChI=1S/C9H16N2O2/c1-3-4-13-7-9(12)8-5-10-11(2)6-8/h5-6,9,12H,3-4,7H2,1-2H3. The Bertz CT molecular complexity index is 248. The SMILES string of the molecule is CCCOCC(O)c1cnn(C)c1. The summed E-state index contributed by atoms with van der Waals surface area (Å²) in [7, 11) is 1.82. The molecule has 1 aromatic heterocycles. The second-order valence-electron chi connectivity index (χ2n) is 3.04. The van der Waals surface area contributed by atoms with Crippen LogP contribution in [0.25, 0.3) is 0 Å². The quantitative estimate of drug-likeness (QED) is 0.691. The van der Waals surface area contributed by atoms with E-state index in [2.05, 4.69) is 5.10 Å². The van der Waals surface area contributed by atoms with Crippen LogP contribution < -0.4 is 0 Å². The highest BCUT2D eigenvalue weighted by atomic mass is 16.5. The highest BCUT2D eigenvalue weighted by Crippen LogP contribution is 2.11. The van der Waals surface area contributed by atoms with Gasteiger partial charge >= 0.3 is 0 Å². The van der Waals surface area contributed by atoms with Crippen molar-refractivity contribution in [3.05, 3.63) is 18.0 Å². The molecule has 0 saturated heterocycles. The Balaban J connectivity index is 2.35. The van der Waals surface area contributed by atoms with Crippen molar-refractivity contribution in [3.63, 3.8) is 0 Å². The number of ether oxygens (including phenoxy) is 1. The average molecular weight is 184 g/mol. The van der Waals surface area contributed by atoms with Gasteiger partial charge in [-0.05, 0) is 6.42 Å². The van der Waals surface area contributed by atoms with Gasteiger partial charge in [-0.25, -0.2) is 0 Å². The minimum atomic E-state index is -0.555. The summed E-state index contributed by atoms with van der Waals surface area (Å²) in [5.41, 5.74) is 0.804. The van der Waals surface area contributed by atoms with Crippen LogP contribution in [0.15, 0.2) is 12.4 Å². The molecule has 74 valence electrons. The van der Waals surface area contributed by atoms with Crippen molar-refractivity contribution in [3.8, 4) is 0 Å².